The largest absolute Gasteiger partial charge is 0.382 e. The fourth-order valence-electron chi connectivity index (χ4n) is 1.82. The van der Waals surface area contributed by atoms with Crippen LogP contribution in [0.15, 0.2) is 23.0 Å². The van der Waals surface area contributed by atoms with Crippen molar-refractivity contribution in [2.24, 2.45) is 0 Å². The van der Waals surface area contributed by atoms with Gasteiger partial charge in [0.25, 0.3) is 5.56 Å². The van der Waals surface area contributed by atoms with Crippen molar-refractivity contribution in [2.45, 2.75) is 6.54 Å². The molecule has 0 radical (unpaired) electrons. The van der Waals surface area contributed by atoms with Crippen LogP contribution in [0.4, 0.5) is 11.6 Å². The van der Waals surface area contributed by atoms with Gasteiger partial charge in [0.2, 0.25) is 5.95 Å². The predicted molar refractivity (Wildman–Crippen MR) is 94.7 cm³/mol. The molecule has 0 bridgehead atoms. The monoisotopic (exact) mass is 357 g/mol. The van der Waals surface area contributed by atoms with Crippen molar-refractivity contribution in [2.75, 3.05) is 17.7 Å². The number of H-pyrrole nitrogens is 1. The summed E-state index contributed by atoms with van der Waals surface area (Å²) in [4.78, 5) is 18.8. The average molecular weight is 358 g/mol. The van der Waals surface area contributed by atoms with Crippen molar-refractivity contribution in [1.82, 2.24) is 9.97 Å². The van der Waals surface area contributed by atoms with Gasteiger partial charge in [-0.2, -0.15) is 0 Å². The molecule has 0 amide bonds. The SMILES string of the molecule is CNc1c(C(=N)P)nc(NCc2ccc(Cl)c(Cl)c2)[nH]c1=O. The van der Waals surface area contributed by atoms with Gasteiger partial charge in [-0.05, 0) is 17.7 Å². The molecule has 1 unspecified atom stereocenters. The molecule has 22 heavy (non-hydrogen) atoms. The first-order valence-corrected chi connectivity index (χ1v) is 7.60. The molecule has 2 rings (SSSR count). The van der Waals surface area contributed by atoms with Gasteiger partial charge in [-0.25, -0.2) is 4.98 Å². The Morgan fingerprint density at radius 2 is 2.14 bits per heavy atom. The van der Waals surface area contributed by atoms with Gasteiger partial charge in [0.05, 0.1) is 15.5 Å². The molecule has 1 aromatic carbocycles. The molecule has 4 N–H and O–H groups in total. The number of nitrogens with zero attached hydrogens (tertiary/aromatic N) is 1. The number of hydrogen-bond donors (Lipinski definition) is 4. The number of nitrogens with one attached hydrogen (secondary N) is 4. The predicted octanol–water partition coefficient (Wildman–Crippen LogP) is 2.93. The van der Waals surface area contributed by atoms with Gasteiger partial charge in [0.1, 0.15) is 11.4 Å². The molecular weight excluding hydrogens is 344 g/mol. The molecule has 1 atom stereocenters. The fraction of sp³-hybridized carbons (Fsp3) is 0.154. The molecule has 6 nitrogen and oxygen atoms in total. The standard InChI is InChI=1S/C13H14Cl2N5OP/c1-17-10-9(11(16)22)19-13(20-12(10)21)18-5-6-2-3-7(14)8(15)4-6/h2-4,16-17H,5,22H2,1H3,(H2,18,19,20,21). The van der Waals surface area contributed by atoms with Gasteiger partial charge in [0, 0.05) is 13.6 Å². The second-order valence-corrected chi connectivity index (χ2v) is 5.80. The van der Waals surface area contributed by atoms with Crippen molar-refractivity contribution in [3.05, 3.63) is 49.9 Å². The first-order valence-electron chi connectivity index (χ1n) is 6.26. The Labute approximate surface area is 139 Å². The summed E-state index contributed by atoms with van der Waals surface area (Å²) in [6, 6.07) is 5.25. The van der Waals surface area contributed by atoms with Gasteiger partial charge >= 0.3 is 0 Å². The fourth-order valence-corrected chi connectivity index (χ4v) is 2.35. The van der Waals surface area contributed by atoms with Crippen LogP contribution >= 0.6 is 32.4 Å². The van der Waals surface area contributed by atoms with E-state index in [1.807, 2.05) is 6.07 Å². The van der Waals surface area contributed by atoms with Gasteiger partial charge < -0.3 is 10.6 Å². The zero-order chi connectivity index (χ0) is 16.3. The lowest BCUT2D eigenvalue weighted by Gasteiger charge is -2.10. The maximum Gasteiger partial charge on any atom is 0.276 e. The van der Waals surface area contributed by atoms with Crippen LogP contribution in [0.1, 0.15) is 11.3 Å². The molecule has 1 heterocycles. The zero-order valence-corrected chi connectivity index (χ0v) is 14.3. The van der Waals surface area contributed by atoms with E-state index in [0.717, 1.165) is 5.56 Å². The number of aromatic nitrogens is 2. The van der Waals surface area contributed by atoms with E-state index in [0.29, 0.717) is 16.6 Å². The topological polar surface area (TPSA) is 93.7 Å². The van der Waals surface area contributed by atoms with Crippen LogP contribution in [0.2, 0.25) is 10.0 Å². The lowest BCUT2D eigenvalue weighted by Crippen LogP contribution is -2.20. The number of benzene rings is 1. The summed E-state index contributed by atoms with van der Waals surface area (Å²) in [5.41, 5.74) is 1.18. The first kappa shape index (κ1) is 16.7. The Hall–Kier alpha value is -1.62. The summed E-state index contributed by atoms with van der Waals surface area (Å²) in [5.74, 6) is 0.275. The average Bonchev–Trinajstić information content (AvgIpc) is 2.47. The minimum absolute atomic E-state index is 0.119. The van der Waals surface area contributed by atoms with Crippen LogP contribution < -0.4 is 16.2 Å². The third-order valence-corrected chi connectivity index (χ3v) is 3.88. The van der Waals surface area contributed by atoms with Crippen LogP contribution in [0.3, 0.4) is 0 Å². The van der Waals surface area contributed by atoms with Crippen LogP contribution in [-0.4, -0.2) is 22.5 Å². The molecule has 2 aromatic rings. The van der Waals surface area contributed by atoms with Crippen molar-refractivity contribution in [3.63, 3.8) is 0 Å². The maximum absolute atomic E-state index is 12.0. The number of rotatable bonds is 5. The van der Waals surface area contributed by atoms with Gasteiger partial charge in [-0.1, -0.05) is 38.5 Å². The van der Waals surface area contributed by atoms with Crippen molar-refractivity contribution >= 4 is 49.5 Å². The minimum Gasteiger partial charge on any atom is -0.382 e. The highest BCUT2D eigenvalue weighted by Crippen LogP contribution is 2.23. The summed E-state index contributed by atoms with van der Waals surface area (Å²) < 4.78 is 0. The van der Waals surface area contributed by atoms with E-state index in [4.69, 9.17) is 28.6 Å². The van der Waals surface area contributed by atoms with Crippen LogP contribution in [-0.2, 0) is 6.54 Å². The highest BCUT2D eigenvalue weighted by atomic mass is 35.5. The van der Waals surface area contributed by atoms with E-state index in [1.165, 1.54) is 0 Å². The molecule has 116 valence electrons. The van der Waals surface area contributed by atoms with E-state index < -0.39 is 0 Å². The Morgan fingerprint density at radius 1 is 1.41 bits per heavy atom. The summed E-state index contributed by atoms with van der Waals surface area (Å²) >= 11 is 11.8. The van der Waals surface area contributed by atoms with Crippen LogP contribution in [0.25, 0.3) is 0 Å². The minimum atomic E-state index is -0.351. The molecule has 0 aliphatic rings. The molecule has 0 saturated heterocycles. The molecule has 0 aliphatic heterocycles. The highest BCUT2D eigenvalue weighted by Gasteiger charge is 2.12. The zero-order valence-electron chi connectivity index (χ0n) is 11.6. The molecule has 0 saturated carbocycles. The van der Waals surface area contributed by atoms with E-state index in [-0.39, 0.29) is 28.3 Å². The molecular formula is C13H14Cl2N5OP. The number of anilines is 2. The van der Waals surface area contributed by atoms with Crippen molar-refractivity contribution < 1.29 is 0 Å². The Kier molecular flexibility index (Phi) is 5.40. The smallest absolute Gasteiger partial charge is 0.276 e. The lowest BCUT2D eigenvalue weighted by atomic mass is 10.2. The summed E-state index contributed by atoms with van der Waals surface area (Å²) in [7, 11) is 3.82. The number of hydrogen-bond acceptors (Lipinski definition) is 5. The normalized spacial score (nSPS) is 10.4. The van der Waals surface area contributed by atoms with Crippen molar-refractivity contribution in [3.8, 4) is 0 Å². The molecule has 1 aromatic heterocycles. The third kappa shape index (κ3) is 3.77. The Morgan fingerprint density at radius 3 is 2.73 bits per heavy atom. The quantitative estimate of drug-likeness (QED) is 0.488. The van der Waals surface area contributed by atoms with Gasteiger partial charge in [0.15, 0.2) is 0 Å². The van der Waals surface area contributed by atoms with Crippen LogP contribution in [0.5, 0.6) is 0 Å². The molecule has 0 aliphatic carbocycles. The maximum atomic E-state index is 12.0. The summed E-state index contributed by atoms with van der Waals surface area (Å²) in [6.07, 6.45) is 0. The lowest BCUT2D eigenvalue weighted by molar-refractivity contribution is 1.03. The second kappa shape index (κ2) is 7.09. The first-order chi connectivity index (χ1) is 10.4. The molecule has 0 spiro atoms. The van der Waals surface area contributed by atoms with Crippen LogP contribution in [0, 0.1) is 5.41 Å². The van der Waals surface area contributed by atoms with E-state index >= 15 is 0 Å². The Bertz CT molecular complexity index is 778. The third-order valence-electron chi connectivity index (χ3n) is 2.87. The second-order valence-electron chi connectivity index (χ2n) is 4.40. The van der Waals surface area contributed by atoms with Gasteiger partial charge in [-0.15, -0.1) is 0 Å². The molecule has 9 heteroatoms. The highest BCUT2D eigenvalue weighted by molar-refractivity contribution is 7.41. The van der Waals surface area contributed by atoms with E-state index in [9.17, 15) is 4.79 Å². The Balaban J connectivity index is 2.24. The summed E-state index contributed by atoms with van der Waals surface area (Å²) in [6.45, 7) is 0.405. The van der Waals surface area contributed by atoms with Gasteiger partial charge in [-0.3, -0.25) is 15.2 Å². The number of halogens is 2. The number of aromatic amines is 1. The summed E-state index contributed by atoms with van der Waals surface area (Å²) in [5, 5.41) is 14.3. The van der Waals surface area contributed by atoms with E-state index in [2.05, 4.69) is 29.8 Å². The molecule has 0 fully saturated rings. The van der Waals surface area contributed by atoms with E-state index in [1.54, 1.807) is 19.2 Å². The van der Waals surface area contributed by atoms with Crippen molar-refractivity contribution in [1.29, 1.82) is 5.41 Å².